The van der Waals surface area contributed by atoms with Gasteiger partial charge in [0.25, 0.3) is 17.5 Å². The van der Waals surface area contributed by atoms with E-state index in [4.69, 9.17) is 0 Å². The summed E-state index contributed by atoms with van der Waals surface area (Å²) in [5.41, 5.74) is 0.275. The predicted octanol–water partition coefficient (Wildman–Crippen LogP) is 3.45. The monoisotopic (exact) mass is 381 g/mol. The van der Waals surface area contributed by atoms with Crippen LogP contribution in [0.4, 0.5) is 24.5 Å². The second kappa shape index (κ2) is 7.85. The molecule has 2 aromatic rings. The second-order valence-corrected chi connectivity index (χ2v) is 5.59. The summed E-state index contributed by atoms with van der Waals surface area (Å²) in [6.07, 6.45) is -4.54. The maximum absolute atomic E-state index is 12.3. The number of anilines is 1. The van der Waals surface area contributed by atoms with Gasteiger partial charge in [-0.25, -0.2) is 0 Å². The summed E-state index contributed by atoms with van der Waals surface area (Å²) < 4.78 is 36.5. The molecule has 2 rings (SSSR count). The quantitative estimate of drug-likeness (QED) is 0.612. The molecule has 0 bridgehead atoms. The number of nitro benzene ring substituents is 1. The fourth-order valence-corrected chi connectivity index (χ4v) is 2.17. The molecule has 142 valence electrons. The van der Waals surface area contributed by atoms with E-state index >= 15 is 0 Å². The molecular weight excluding hydrogens is 367 g/mol. The van der Waals surface area contributed by atoms with Crippen molar-refractivity contribution in [3.05, 3.63) is 69.3 Å². The average Bonchev–Trinajstić information content (AvgIpc) is 2.59. The molecule has 0 aliphatic rings. The van der Waals surface area contributed by atoms with Crippen LogP contribution >= 0.6 is 0 Å². The molecule has 0 atom stereocenters. The van der Waals surface area contributed by atoms with Crippen molar-refractivity contribution in [2.24, 2.45) is 0 Å². The van der Waals surface area contributed by atoms with Crippen LogP contribution in [-0.4, -0.2) is 29.5 Å². The summed E-state index contributed by atoms with van der Waals surface area (Å²) >= 11 is 0. The van der Waals surface area contributed by atoms with E-state index in [9.17, 15) is 32.9 Å². The van der Waals surface area contributed by atoms with Gasteiger partial charge in [0.05, 0.1) is 4.92 Å². The molecule has 0 spiro atoms. The van der Waals surface area contributed by atoms with Gasteiger partial charge in [0.15, 0.2) is 0 Å². The minimum atomic E-state index is -4.54. The van der Waals surface area contributed by atoms with Gasteiger partial charge in [0, 0.05) is 28.4 Å². The zero-order valence-electron chi connectivity index (χ0n) is 14.0. The number of carbonyl (C=O) groups excluding carboxylic acids is 2. The highest BCUT2D eigenvalue weighted by Gasteiger charge is 2.28. The van der Waals surface area contributed by atoms with E-state index in [1.54, 1.807) is 5.32 Å². The Morgan fingerprint density at radius 3 is 2.37 bits per heavy atom. The van der Waals surface area contributed by atoms with Gasteiger partial charge >= 0.3 is 6.18 Å². The van der Waals surface area contributed by atoms with E-state index in [2.05, 4.69) is 5.32 Å². The summed E-state index contributed by atoms with van der Waals surface area (Å²) in [6, 6.07) is 9.25. The van der Waals surface area contributed by atoms with Gasteiger partial charge in [-0.1, -0.05) is 12.1 Å². The van der Waals surface area contributed by atoms with Crippen LogP contribution in [0.25, 0.3) is 0 Å². The molecule has 0 saturated heterocycles. The van der Waals surface area contributed by atoms with Crippen LogP contribution in [-0.2, 0) is 0 Å². The number of nitrogens with zero attached hydrogens (tertiary/aromatic N) is 1. The smallest absolute Gasteiger partial charge is 0.343 e. The number of rotatable bonds is 5. The van der Waals surface area contributed by atoms with E-state index in [1.165, 1.54) is 43.3 Å². The zero-order valence-corrected chi connectivity index (χ0v) is 14.0. The lowest BCUT2D eigenvalue weighted by atomic mass is 10.1. The highest BCUT2D eigenvalue weighted by molar-refractivity contribution is 6.05. The number of nitro groups is 1. The SMILES string of the molecule is Cc1ccc(C(=O)Nc2cccc(C(=O)NCC(F)(F)F)c2)cc1[N+](=O)[O-]. The third-order valence-electron chi connectivity index (χ3n) is 3.50. The molecule has 0 aliphatic carbocycles. The van der Waals surface area contributed by atoms with Gasteiger partial charge in [-0.3, -0.25) is 19.7 Å². The Kier molecular flexibility index (Phi) is 5.78. The molecule has 7 nitrogen and oxygen atoms in total. The van der Waals surface area contributed by atoms with Crippen molar-refractivity contribution in [2.75, 3.05) is 11.9 Å². The maximum atomic E-state index is 12.3. The van der Waals surface area contributed by atoms with Crippen molar-refractivity contribution in [3.8, 4) is 0 Å². The van der Waals surface area contributed by atoms with E-state index < -0.39 is 29.5 Å². The lowest BCUT2D eigenvalue weighted by molar-refractivity contribution is -0.385. The highest BCUT2D eigenvalue weighted by atomic mass is 19.4. The van der Waals surface area contributed by atoms with Crippen molar-refractivity contribution >= 4 is 23.2 Å². The van der Waals surface area contributed by atoms with Crippen molar-refractivity contribution in [1.82, 2.24) is 5.32 Å². The number of carbonyl (C=O) groups is 2. The zero-order chi connectivity index (χ0) is 20.2. The van der Waals surface area contributed by atoms with Crippen molar-refractivity contribution in [3.63, 3.8) is 0 Å². The Hall–Kier alpha value is -3.43. The molecule has 0 fully saturated rings. The second-order valence-electron chi connectivity index (χ2n) is 5.59. The minimum absolute atomic E-state index is 0.0271. The number of aryl methyl sites for hydroxylation is 1. The van der Waals surface area contributed by atoms with Crippen molar-refractivity contribution in [2.45, 2.75) is 13.1 Å². The number of nitrogens with one attached hydrogen (secondary N) is 2. The lowest BCUT2D eigenvalue weighted by Crippen LogP contribution is -2.33. The molecule has 0 heterocycles. The van der Waals surface area contributed by atoms with Crippen LogP contribution in [0.3, 0.4) is 0 Å². The topological polar surface area (TPSA) is 101 Å². The van der Waals surface area contributed by atoms with Gasteiger partial charge < -0.3 is 10.6 Å². The Labute approximate surface area is 151 Å². The Morgan fingerprint density at radius 1 is 1.07 bits per heavy atom. The van der Waals surface area contributed by atoms with E-state index in [-0.39, 0.29) is 22.5 Å². The number of benzene rings is 2. The molecule has 0 saturated carbocycles. The Balaban J connectivity index is 2.14. The van der Waals surface area contributed by atoms with Gasteiger partial charge in [-0.15, -0.1) is 0 Å². The summed E-state index contributed by atoms with van der Waals surface area (Å²) in [6.45, 7) is 0.0539. The molecule has 2 amide bonds. The van der Waals surface area contributed by atoms with Crippen molar-refractivity contribution in [1.29, 1.82) is 0 Å². The maximum Gasteiger partial charge on any atom is 0.405 e. The number of halogens is 3. The third kappa shape index (κ3) is 5.53. The fraction of sp³-hybridized carbons (Fsp3) is 0.176. The van der Waals surface area contributed by atoms with E-state index in [0.29, 0.717) is 5.56 Å². The molecule has 2 N–H and O–H groups in total. The largest absolute Gasteiger partial charge is 0.405 e. The van der Waals surface area contributed by atoms with Gasteiger partial charge in [-0.05, 0) is 31.2 Å². The molecule has 0 radical (unpaired) electrons. The fourth-order valence-electron chi connectivity index (χ4n) is 2.17. The Morgan fingerprint density at radius 2 is 1.74 bits per heavy atom. The molecule has 0 aromatic heterocycles. The van der Waals surface area contributed by atoms with Crippen molar-refractivity contribution < 1.29 is 27.7 Å². The van der Waals surface area contributed by atoms with Gasteiger partial charge in [0.2, 0.25) is 0 Å². The average molecular weight is 381 g/mol. The van der Waals surface area contributed by atoms with Crippen LogP contribution in [0.2, 0.25) is 0 Å². The number of hydrogen-bond acceptors (Lipinski definition) is 4. The standard InChI is InChI=1S/C17H14F3N3O4/c1-10-5-6-12(8-14(10)23(26)27)16(25)22-13-4-2-3-11(7-13)15(24)21-9-17(18,19)20/h2-8H,9H2,1H3,(H,21,24)(H,22,25). The minimum Gasteiger partial charge on any atom is -0.343 e. The number of hydrogen-bond donors (Lipinski definition) is 2. The lowest BCUT2D eigenvalue weighted by Gasteiger charge is -2.10. The molecule has 0 aliphatic heterocycles. The molecule has 10 heteroatoms. The van der Waals surface area contributed by atoms with Gasteiger partial charge in [0.1, 0.15) is 6.54 Å². The first-order valence-corrected chi connectivity index (χ1v) is 7.58. The van der Waals surface area contributed by atoms with Gasteiger partial charge in [-0.2, -0.15) is 13.2 Å². The number of alkyl halides is 3. The summed E-state index contributed by atoms with van der Waals surface area (Å²) in [5, 5.41) is 15.1. The number of amides is 2. The van der Waals surface area contributed by atoms with Crippen LogP contribution in [0.15, 0.2) is 42.5 Å². The molecular formula is C17H14F3N3O4. The van der Waals surface area contributed by atoms with Crippen LogP contribution in [0.5, 0.6) is 0 Å². The first kappa shape index (κ1) is 19.9. The first-order chi connectivity index (χ1) is 12.6. The Bertz CT molecular complexity index is 897. The van der Waals surface area contributed by atoms with E-state index in [0.717, 1.165) is 6.07 Å². The molecule has 2 aromatic carbocycles. The molecule has 0 unspecified atom stereocenters. The summed E-state index contributed by atoms with van der Waals surface area (Å²) in [7, 11) is 0. The van der Waals surface area contributed by atoms with E-state index in [1.807, 2.05) is 0 Å². The third-order valence-corrected chi connectivity index (χ3v) is 3.50. The predicted molar refractivity (Wildman–Crippen MR) is 90.6 cm³/mol. The normalized spacial score (nSPS) is 11.0. The summed E-state index contributed by atoms with van der Waals surface area (Å²) in [5.74, 6) is -1.61. The first-order valence-electron chi connectivity index (χ1n) is 7.58. The van der Waals surface area contributed by atoms with Crippen LogP contribution in [0, 0.1) is 17.0 Å². The summed E-state index contributed by atoms with van der Waals surface area (Å²) in [4.78, 5) is 34.4. The van der Waals surface area contributed by atoms with Crippen LogP contribution in [0.1, 0.15) is 26.3 Å². The van der Waals surface area contributed by atoms with Crippen LogP contribution < -0.4 is 10.6 Å². The highest BCUT2D eigenvalue weighted by Crippen LogP contribution is 2.20. The molecule has 27 heavy (non-hydrogen) atoms.